The van der Waals surface area contributed by atoms with Crippen LogP contribution in [0.25, 0.3) is 10.9 Å². The van der Waals surface area contributed by atoms with E-state index in [1.165, 1.54) is 0 Å². The number of primary amides is 1. The van der Waals surface area contributed by atoms with Crippen molar-refractivity contribution in [1.29, 1.82) is 0 Å². The minimum absolute atomic E-state index is 0.117. The normalized spacial score (nSPS) is 10.9. The molecule has 0 bridgehead atoms. The Balaban J connectivity index is 2.27. The summed E-state index contributed by atoms with van der Waals surface area (Å²) in [7, 11) is 0. The summed E-state index contributed by atoms with van der Waals surface area (Å²) in [6.45, 7) is 6.66. The van der Waals surface area contributed by atoms with Gasteiger partial charge >= 0.3 is 0 Å². The van der Waals surface area contributed by atoms with Crippen LogP contribution >= 0.6 is 0 Å². The average molecular weight is 310 g/mol. The molecule has 3 rings (SSSR count). The highest BCUT2D eigenvalue weighted by Gasteiger charge is 2.18. The van der Waals surface area contributed by atoms with E-state index in [2.05, 4.69) is 20.6 Å². The molecule has 1 amide bonds. The predicted molar refractivity (Wildman–Crippen MR) is 88.7 cm³/mol. The molecule has 2 aromatic heterocycles. The SMILES string of the molecule is CCn1nccc1Nc1c(C(N)=O)nnc2c(C)cc(C)cc12. The number of amides is 1. The lowest BCUT2D eigenvalue weighted by molar-refractivity contribution is 0.0995. The number of nitrogens with one attached hydrogen (secondary N) is 1. The third-order valence-corrected chi connectivity index (χ3v) is 3.70. The molecule has 0 aliphatic rings. The zero-order valence-corrected chi connectivity index (χ0v) is 13.3. The van der Waals surface area contributed by atoms with Gasteiger partial charge < -0.3 is 11.1 Å². The molecule has 0 aliphatic heterocycles. The molecule has 118 valence electrons. The van der Waals surface area contributed by atoms with E-state index in [4.69, 9.17) is 5.73 Å². The molecule has 0 unspecified atom stereocenters. The Hall–Kier alpha value is -2.96. The molecule has 7 nitrogen and oxygen atoms in total. The maximum absolute atomic E-state index is 11.8. The van der Waals surface area contributed by atoms with E-state index in [1.807, 2.05) is 39.0 Å². The Labute approximate surface area is 133 Å². The smallest absolute Gasteiger partial charge is 0.271 e. The highest BCUT2D eigenvalue weighted by Crippen LogP contribution is 2.30. The van der Waals surface area contributed by atoms with Gasteiger partial charge in [-0.2, -0.15) is 5.10 Å². The molecule has 2 heterocycles. The zero-order chi connectivity index (χ0) is 16.6. The second kappa shape index (κ2) is 5.68. The second-order valence-electron chi connectivity index (χ2n) is 5.42. The van der Waals surface area contributed by atoms with Crippen molar-refractivity contribution in [3.05, 3.63) is 41.2 Å². The molecule has 0 spiro atoms. The summed E-state index contributed by atoms with van der Waals surface area (Å²) in [5.41, 5.74) is 8.97. The molecule has 0 radical (unpaired) electrons. The van der Waals surface area contributed by atoms with Crippen molar-refractivity contribution in [2.75, 3.05) is 5.32 Å². The van der Waals surface area contributed by atoms with E-state index >= 15 is 0 Å². The Morgan fingerprint density at radius 1 is 1.30 bits per heavy atom. The monoisotopic (exact) mass is 310 g/mol. The van der Waals surface area contributed by atoms with E-state index in [0.29, 0.717) is 12.2 Å². The average Bonchev–Trinajstić information content (AvgIpc) is 2.94. The lowest BCUT2D eigenvalue weighted by atomic mass is 10.0. The Bertz CT molecular complexity index is 899. The third kappa shape index (κ3) is 2.61. The van der Waals surface area contributed by atoms with E-state index in [0.717, 1.165) is 27.8 Å². The van der Waals surface area contributed by atoms with Crippen molar-refractivity contribution in [2.24, 2.45) is 5.73 Å². The van der Waals surface area contributed by atoms with Gasteiger partial charge in [-0.1, -0.05) is 11.6 Å². The van der Waals surface area contributed by atoms with Gasteiger partial charge in [-0.05, 0) is 32.4 Å². The van der Waals surface area contributed by atoms with E-state index in [9.17, 15) is 4.79 Å². The molecule has 0 saturated heterocycles. The number of carbonyl (C=O) groups is 1. The number of rotatable bonds is 4. The largest absolute Gasteiger partial charge is 0.364 e. The van der Waals surface area contributed by atoms with E-state index < -0.39 is 5.91 Å². The van der Waals surface area contributed by atoms with Gasteiger partial charge in [0.1, 0.15) is 5.82 Å². The van der Waals surface area contributed by atoms with Gasteiger partial charge in [-0.15, -0.1) is 10.2 Å². The number of benzene rings is 1. The summed E-state index contributed by atoms with van der Waals surface area (Å²) >= 11 is 0. The predicted octanol–water partition coefficient (Wildman–Crippen LogP) is 2.31. The van der Waals surface area contributed by atoms with Crippen molar-refractivity contribution in [3.63, 3.8) is 0 Å². The van der Waals surface area contributed by atoms with Gasteiger partial charge in [-0.3, -0.25) is 4.79 Å². The summed E-state index contributed by atoms with van der Waals surface area (Å²) < 4.78 is 1.79. The maximum atomic E-state index is 11.8. The second-order valence-corrected chi connectivity index (χ2v) is 5.42. The Morgan fingerprint density at radius 3 is 2.78 bits per heavy atom. The van der Waals surface area contributed by atoms with Crippen LogP contribution in [0.1, 0.15) is 28.5 Å². The van der Waals surface area contributed by atoms with Gasteiger partial charge in [0.2, 0.25) is 0 Å². The molecule has 3 aromatic rings. The van der Waals surface area contributed by atoms with Gasteiger partial charge in [0.25, 0.3) is 5.91 Å². The highest BCUT2D eigenvalue weighted by molar-refractivity contribution is 6.06. The number of hydrogen-bond acceptors (Lipinski definition) is 5. The van der Waals surface area contributed by atoms with Crippen molar-refractivity contribution in [3.8, 4) is 0 Å². The molecular weight excluding hydrogens is 292 g/mol. The first-order valence-corrected chi connectivity index (χ1v) is 7.37. The topological polar surface area (TPSA) is 98.7 Å². The number of fused-ring (bicyclic) bond motifs is 1. The van der Waals surface area contributed by atoms with Crippen LogP contribution in [0.2, 0.25) is 0 Å². The first-order valence-electron chi connectivity index (χ1n) is 7.37. The fourth-order valence-corrected chi connectivity index (χ4v) is 2.68. The number of nitrogens with zero attached hydrogens (tertiary/aromatic N) is 4. The standard InChI is InChI=1S/C16H18N6O/c1-4-22-12(5-6-18-22)19-14-11-8-9(2)7-10(3)13(11)20-21-15(14)16(17)23/h5-8H,4H2,1-3H3,(H2,17,23)(H,19,20). The highest BCUT2D eigenvalue weighted by atomic mass is 16.1. The minimum Gasteiger partial charge on any atom is -0.364 e. The first-order chi connectivity index (χ1) is 11.0. The molecule has 0 aliphatic carbocycles. The molecule has 0 fully saturated rings. The fraction of sp³-hybridized carbons (Fsp3) is 0.250. The summed E-state index contributed by atoms with van der Waals surface area (Å²) in [4.78, 5) is 11.8. The summed E-state index contributed by atoms with van der Waals surface area (Å²) in [5, 5.41) is 16.5. The minimum atomic E-state index is -0.622. The van der Waals surface area contributed by atoms with Crippen molar-refractivity contribution in [1.82, 2.24) is 20.0 Å². The van der Waals surface area contributed by atoms with Crippen molar-refractivity contribution < 1.29 is 4.79 Å². The van der Waals surface area contributed by atoms with Crippen molar-refractivity contribution >= 4 is 28.3 Å². The lowest BCUT2D eigenvalue weighted by Crippen LogP contribution is -2.17. The number of aromatic nitrogens is 4. The van der Waals surface area contributed by atoms with Crippen LogP contribution in [0.15, 0.2) is 24.4 Å². The van der Waals surface area contributed by atoms with Crippen LogP contribution in [0.4, 0.5) is 11.5 Å². The van der Waals surface area contributed by atoms with Crippen LogP contribution in [-0.4, -0.2) is 25.9 Å². The lowest BCUT2D eigenvalue weighted by Gasteiger charge is -2.14. The summed E-state index contributed by atoms with van der Waals surface area (Å²) in [5.74, 6) is 0.145. The molecular formula is C16H18N6O. The molecule has 7 heteroatoms. The third-order valence-electron chi connectivity index (χ3n) is 3.70. The fourth-order valence-electron chi connectivity index (χ4n) is 2.68. The van der Waals surface area contributed by atoms with E-state index in [-0.39, 0.29) is 5.69 Å². The van der Waals surface area contributed by atoms with Crippen LogP contribution in [0.5, 0.6) is 0 Å². The van der Waals surface area contributed by atoms with Gasteiger partial charge in [0.15, 0.2) is 5.69 Å². The summed E-state index contributed by atoms with van der Waals surface area (Å²) in [6, 6.07) is 5.84. The number of aryl methyl sites for hydroxylation is 3. The number of anilines is 2. The zero-order valence-electron chi connectivity index (χ0n) is 13.3. The Morgan fingerprint density at radius 2 is 2.09 bits per heavy atom. The molecule has 0 atom stereocenters. The van der Waals surface area contributed by atoms with Crippen LogP contribution in [0.3, 0.4) is 0 Å². The summed E-state index contributed by atoms with van der Waals surface area (Å²) in [6.07, 6.45) is 1.70. The maximum Gasteiger partial charge on any atom is 0.271 e. The van der Waals surface area contributed by atoms with Crippen LogP contribution < -0.4 is 11.1 Å². The Kier molecular flexibility index (Phi) is 3.69. The van der Waals surface area contributed by atoms with Gasteiger partial charge in [-0.25, -0.2) is 4.68 Å². The van der Waals surface area contributed by atoms with E-state index in [1.54, 1.807) is 10.9 Å². The van der Waals surface area contributed by atoms with Crippen LogP contribution in [-0.2, 0) is 6.54 Å². The number of hydrogen-bond donors (Lipinski definition) is 2. The number of carbonyl (C=O) groups excluding carboxylic acids is 1. The molecule has 23 heavy (non-hydrogen) atoms. The first kappa shape index (κ1) is 15.0. The quantitative estimate of drug-likeness (QED) is 0.770. The molecule has 0 saturated carbocycles. The van der Waals surface area contributed by atoms with Crippen molar-refractivity contribution in [2.45, 2.75) is 27.3 Å². The molecule has 3 N–H and O–H groups in total. The van der Waals surface area contributed by atoms with Gasteiger partial charge in [0.05, 0.1) is 17.4 Å². The van der Waals surface area contributed by atoms with Gasteiger partial charge in [0, 0.05) is 18.0 Å². The number of nitrogens with two attached hydrogens (primary N) is 1. The molecule has 1 aromatic carbocycles. The van der Waals surface area contributed by atoms with Crippen LogP contribution in [0, 0.1) is 13.8 Å².